The van der Waals surface area contributed by atoms with Gasteiger partial charge in [0.1, 0.15) is 5.75 Å². The molecule has 112 valence electrons. The first-order chi connectivity index (χ1) is 10.2. The van der Waals surface area contributed by atoms with Gasteiger partial charge >= 0.3 is 5.97 Å². The molecule has 2 heterocycles. The smallest absolute Gasteiger partial charge is 0.343 e. The lowest BCUT2D eigenvalue weighted by atomic mass is 10.0. The molecule has 0 saturated heterocycles. The molecule has 1 aromatic heterocycles. The number of carbonyl (C=O) groups excluding carboxylic acids is 1. The van der Waals surface area contributed by atoms with E-state index < -0.39 is 0 Å². The molecule has 0 spiro atoms. The second kappa shape index (κ2) is 5.77. The number of methoxy groups -OCH3 is 1. The van der Waals surface area contributed by atoms with Crippen molar-refractivity contribution in [3.8, 4) is 5.75 Å². The monoisotopic (exact) mass is 289 g/mol. The lowest BCUT2D eigenvalue weighted by Gasteiger charge is -2.24. The van der Waals surface area contributed by atoms with Crippen LogP contribution in [0.5, 0.6) is 5.75 Å². The average molecular weight is 289 g/mol. The highest BCUT2D eigenvalue weighted by Crippen LogP contribution is 2.39. The molecule has 1 atom stereocenters. The second-order valence-corrected chi connectivity index (χ2v) is 5.03. The Hall–Kier alpha value is -2.01. The van der Waals surface area contributed by atoms with E-state index in [-0.39, 0.29) is 18.7 Å². The van der Waals surface area contributed by atoms with E-state index in [1.165, 1.54) is 12.7 Å². The zero-order valence-corrected chi connectivity index (χ0v) is 12.3. The molecule has 0 amide bonds. The first-order valence-corrected chi connectivity index (χ1v) is 7.17. The fourth-order valence-corrected chi connectivity index (χ4v) is 2.89. The van der Waals surface area contributed by atoms with Gasteiger partial charge in [0, 0.05) is 30.3 Å². The number of rotatable bonds is 5. The largest absolute Gasteiger partial charge is 0.480 e. The molecule has 5 heteroatoms. The van der Waals surface area contributed by atoms with Crippen molar-refractivity contribution in [2.45, 2.75) is 26.0 Å². The van der Waals surface area contributed by atoms with E-state index in [1.807, 2.05) is 25.3 Å². The van der Waals surface area contributed by atoms with Crippen molar-refractivity contribution >= 4 is 16.9 Å². The first-order valence-electron chi connectivity index (χ1n) is 7.17. The van der Waals surface area contributed by atoms with Crippen LogP contribution in [0.4, 0.5) is 0 Å². The molecule has 0 N–H and O–H groups in total. The fraction of sp³-hybridized carbons (Fsp3) is 0.438. The van der Waals surface area contributed by atoms with Crippen molar-refractivity contribution < 1.29 is 19.0 Å². The van der Waals surface area contributed by atoms with Crippen LogP contribution in [-0.4, -0.2) is 30.9 Å². The number of hydrogen-bond donors (Lipinski definition) is 0. The van der Waals surface area contributed by atoms with E-state index >= 15 is 0 Å². The van der Waals surface area contributed by atoms with Gasteiger partial charge in [-0.3, -0.25) is 0 Å². The Balaban J connectivity index is 1.97. The molecular formula is C16H19NO4. The number of ether oxygens (including phenoxy) is 3. The molecule has 21 heavy (non-hydrogen) atoms. The van der Waals surface area contributed by atoms with Gasteiger partial charge in [0.2, 0.25) is 0 Å². The fourth-order valence-electron chi connectivity index (χ4n) is 2.89. The molecule has 1 aliphatic rings. The van der Waals surface area contributed by atoms with Crippen LogP contribution >= 0.6 is 0 Å². The van der Waals surface area contributed by atoms with E-state index in [0.717, 1.165) is 29.6 Å². The molecule has 0 radical (unpaired) electrons. The van der Waals surface area contributed by atoms with Crippen molar-refractivity contribution in [3.05, 3.63) is 30.0 Å². The highest BCUT2D eigenvalue weighted by Gasteiger charge is 2.24. The number of aromatic nitrogens is 1. The molecule has 0 saturated carbocycles. The molecule has 1 aliphatic heterocycles. The average Bonchev–Trinajstić information content (AvgIpc) is 2.87. The molecular weight excluding hydrogens is 270 g/mol. The van der Waals surface area contributed by atoms with Crippen molar-refractivity contribution in [2.24, 2.45) is 0 Å². The van der Waals surface area contributed by atoms with Gasteiger partial charge in [0.05, 0.1) is 18.7 Å². The van der Waals surface area contributed by atoms with Crippen LogP contribution < -0.4 is 4.74 Å². The third-order valence-corrected chi connectivity index (χ3v) is 3.81. The summed E-state index contributed by atoms with van der Waals surface area (Å²) in [6.07, 6.45) is 3.04. The van der Waals surface area contributed by atoms with Crippen molar-refractivity contribution in [1.29, 1.82) is 0 Å². The number of aryl methyl sites for hydroxylation is 1. The number of hydrogen-bond acceptors (Lipinski definition) is 4. The Morgan fingerprint density at radius 3 is 3.05 bits per heavy atom. The Bertz CT molecular complexity index is 662. The van der Waals surface area contributed by atoms with E-state index in [2.05, 4.69) is 15.4 Å². The first kappa shape index (κ1) is 13.9. The summed E-state index contributed by atoms with van der Waals surface area (Å²) in [6.45, 7) is 3.53. The Morgan fingerprint density at radius 1 is 1.43 bits per heavy atom. The molecule has 1 unspecified atom stereocenters. The van der Waals surface area contributed by atoms with Gasteiger partial charge in [-0.25, -0.2) is 4.79 Å². The van der Waals surface area contributed by atoms with Crippen LogP contribution in [-0.2, 0) is 20.8 Å². The van der Waals surface area contributed by atoms with Crippen LogP contribution in [0.25, 0.3) is 10.9 Å². The Morgan fingerprint density at radius 2 is 2.29 bits per heavy atom. The van der Waals surface area contributed by atoms with Crippen LogP contribution in [0.1, 0.15) is 25.0 Å². The summed E-state index contributed by atoms with van der Waals surface area (Å²) in [5.41, 5.74) is 2.33. The summed E-state index contributed by atoms with van der Waals surface area (Å²) in [4.78, 5) is 11.2. The number of carbonyl (C=O) groups is 1. The maximum Gasteiger partial charge on any atom is 0.343 e. The number of benzene rings is 1. The lowest BCUT2D eigenvalue weighted by Crippen LogP contribution is -2.15. The van der Waals surface area contributed by atoms with Crippen molar-refractivity contribution in [2.75, 3.05) is 20.3 Å². The third kappa shape index (κ3) is 2.49. The molecule has 0 fully saturated rings. The summed E-state index contributed by atoms with van der Waals surface area (Å²) < 4.78 is 18.2. The summed E-state index contributed by atoms with van der Waals surface area (Å²) in [7, 11) is 1.36. The normalized spacial score (nSPS) is 17.0. The number of esters is 1. The van der Waals surface area contributed by atoms with Crippen molar-refractivity contribution in [1.82, 2.24) is 4.57 Å². The molecule has 2 aromatic rings. The molecule has 0 bridgehead atoms. The lowest BCUT2D eigenvalue weighted by molar-refractivity contribution is -0.142. The number of nitrogens with zero attached hydrogens (tertiary/aromatic N) is 1. The van der Waals surface area contributed by atoms with Crippen LogP contribution in [0.15, 0.2) is 24.4 Å². The van der Waals surface area contributed by atoms with E-state index in [9.17, 15) is 4.79 Å². The van der Waals surface area contributed by atoms with Crippen LogP contribution in [0, 0.1) is 0 Å². The highest BCUT2D eigenvalue weighted by molar-refractivity contribution is 5.90. The zero-order valence-electron chi connectivity index (χ0n) is 12.3. The second-order valence-electron chi connectivity index (χ2n) is 5.03. The molecule has 3 rings (SSSR count). The Kier molecular flexibility index (Phi) is 3.84. The third-order valence-electron chi connectivity index (χ3n) is 3.81. The predicted octanol–water partition coefficient (Wildman–Crippen LogP) is 2.67. The maximum absolute atomic E-state index is 11.2. The highest BCUT2D eigenvalue weighted by atomic mass is 16.6. The minimum atomic E-state index is -0.380. The van der Waals surface area contributed by atoms with Gasteiger partial charge in [0.15, 0.2) is 6.61 Å². The topological polar surface area (TPSA) is 49.7 Å². The molecule has 0 aliphatic carbocycles. The summed E-state index contributed by atoms with van der Waals surface area (Å²) in [5.74, 6) is 0.337. The molecule has 1 aromatic carbocycles. The van der Waals surface area contributed by atoms with Gasteiger partial charge in [0.25, 0.3) is 0 Å². The predicted molar refractivity (Wildman–Crippen MR) is 78.4 cm³/mol. The van der Waals surface area contributed by atoms with E-state index in [0.29, 0.717) is 6.61 Å². The maximum atomic E-state index is 11.2. The van der Waals surface area contributed by atoms with E-state index in [4.69, 9.17) is 9.47 Å². The van der Waals surface area contributed by atoms with Crippen molar-refractivity contribution in [3.63, 3.8) is 0 Å². The standard InChI is InChI=1S/C16H19NO4/c1-3-20-13-7-8-17-9-14(21-10-15(18)19-2)12-6-4-5-11(13)16(12)17/h4-6,9,13H,3,7-8,10H2,1-2H3. The summed E-state index contributed by atoms with van der Waals surface area (Å²) in [5, 5.41) is 1.01. The Labute approximate surface area is 123 Å². The van der Waals surface area contributed by atoms with Crippen LogP contribution in [0.2, 0.25) is 0 Å². The quantitative estimate of drug-likeness (QED) is 0.794. The molecule has 5 nitrogen and oxygen atoms in total. The van der Waals surface area contributed by atoms with E-state index in [1.54, 1.807) is 0 Å². The summed E-state index contributed by atoms with van der Waals surface area (Å²) in [6, 6.07) is 6.11. The van der Waals surface area contributed by atoms with Gasteiger partial charge in [-0.2, -0.15) is 0 Å². The zero-order chi connectivity index (χ0) is 14.8. The number of para-hydroxylation sites is 1. The van der Waals surface area contributed by atoms with Crippen LogP contribution in [0.3, 0.4) is 0 Å². The minimum Gasteiger partial charge on any atom is -0.480 e. The van der Waals surface area contributed by atoms with Gasteiger partial charge in [-0.1, -0.05) is 12.1 Å². The van der Waals surface area contributed by atoms with Gasteiger partial charge in [-0.05, 0) is 19.4 Å². The van der Waals surface area contributed by atoms with Gasteiger partial charge in [-0.15, -0.1) is 0 Å². The summed E-state index contributed by atoms with van der Waals surface area (Å²) >= 11 is 0. The van der Waals surface area contributed by atoms with Gasteiger partial charge < -0.3 is 18.8 Å². The minimum absolute atomic E-state index is 0.0747. The SMILES string of the molecule is CCOC1CCn2cc(OCC(=O)OC)c3cccc1c32.